The summed E-state index contributed by atoms with van der Waals surface area (Å²) in [6, 6.07) is 4.60. The highest BCUT2D eigenvalue weighted by Gasteiger charge is 2.19. The van der Waals surface area contributed by atoms with E-state index in [0.29, 0.717) is 0 Å². The first-order chi connectivity index (χ1) is 5.97. The van der Waals surface area contributed by atoms with Gasteiger partial charge in [0.15, 0.2) is 0 Å². The topological polar surface area (TPSA) is 26.0 Å². The van der Waals surface area contributed by atoms with E-state index < -0.39 is 11.4 Å². The summed E-state index contributed by atoms with van der Waals surface area (Å²) in [4.78, 5) is 0. The number of hydrogen-bond acceptors (Lipinski definition) is 1. The fourth-order valence-corrected chi connectivity index (χ4v) is 1.24. The average Bonchev–Trinajstić information content (AvgIpc) is 2.09. The quantitative estimate of drug-likeness (QED) is 0.782. The van der Waals surface area contributed by atoms with E-state index in [1.807, 2.05) is 13.8 Å². The normalized spacial score (nSPS) is 15.5. The second-order valence-corrected chi connectivity index (χ2v) is 3.81. The lowest BCUT2D eigenvalue weighted by Gasteiger charge is -2.23. The van der Waals surface area contributed by atoms with Crippen LogP contribution in [0.4, 0.5) is 4.39 Å². The molecular weight excluding hydrogens is 189 g/mol. The third kappa shape index (κ3) is 2.20. The van der Waals surface area contributed by atoms with E-state index in [0.717, 1.165) is 12.0 Å². The summed E-state index contributed by atoms with van der Waals surface area (Å²) < 4.78 is 12.8. The molecule has 0 saturated carbocycles. The molecule has 0 aromatic heterocycles. The molecule has 1 nitrogen and oxygen atoms in total. The van der Waals surface area contributed by atoms with E-state index in [9.17, 15) is 4.39 Å². The zero-order valence-electron chi connectivity index (χ0n) is 7.77. The standard InChI is InChI=1S/C10H13ClFN/c1-3-10(2,13)7-4-5-9(12)8(11)6-7/h4-6H,3,13H2,1-2H3/t10-/m0/s1. The lowest BCUT2D eigenvalue weighted by atomic mass is 9.91. The fraction of sp³-hybridized carbons (Fsp3) is 0.400. The number of rotatable bonds is 2. The van der Waals surface area contributed by atoms with Crippen LogP contribution in [0.25, 0.3) is 0 Å². The molecule has 2 N–H and O–H groups in total. The predicted molar refractivity (Wildman–Crippen MR) is 53.2 cm³/mol. The summed E-state index contributed by atoms with van der Waals surface area (Å²) >= 11 is 5.65. The van der Waals surface area contributed by atoms with E-state index in [2.05, 4.69) is 0 Å². The molecule has 1 atom stereocenters. The van der Waals surface area contributed by atoms with Gasteiger partial charge in [0.05, 0.1) is 5.02 Å². The van der Waals surface area contributed by atoms with Crippen LogP contribution >= 0.6 is 11.6 Å². The summed E-state index contributed by atoms with van der Waals surface area (Å²) in [5.41, 5.74) is 6.40. The van der Waals surface area contributed by atoms with Gasteiger partial charge in [-0.25, -0.2) is 4.39 Å². The average molecular weight is 202 g/mol. The Kier molecular flexibility index (Phi) is 2.94. The SMILES string of the molecule is CC[C@](C)(N)c1ccc(F)c(Cl)c1. The van der Waals surface area contributed by atoms with Crippen molar-refractivity contribution in [3.8, 4) is 0 Å². The minimum Gasteiger partial charge on any atom is -0.322 e. The van der Waals surface area contributed by atoms with Gasteiger partial charge in [-0.05, 0) is 31.0 Å². The molecule has 0 fully saturated rings. The summed E-state index contributed by atoms with van der Waals surface area (Å²) in [6.45, 7) is 3.88. The molecule has 0 saturated heterocycles. The zero-order valence-corrected chi connectivity index (χ0v) is 8.53. The van der Waals surface area contributed by atoms with Gasteiger partial charge in [0.2, 0.25) is 0 Å². The van der Waals surface area contributed by atoms with Crippen LogP contribution in [0.3, 0.4) is 0 Å². The first-order valence-electron chi connectivity index (χ1n) is 4.22. The van der Waals surface area contributed by atoms with Crippen molar-refractivity contribution >= 4 is 11.6 Å². The van der Waals surface area contributed by atoms with Crippen LogP contribution in [0.2, 0.25) is 5.02 Å². The van der Waals surface area contributed by atoms with Crippen LogP contribution in [0, 0.1) is 5.82 Å². The van der Waals surface area contributed by atoms with Gasteiger partial charge >= 0.3 is 0 Å². The molecular formula is C10H13ClFN. The second-order valence-electron chi connectivity index (χ2n) is 3.40. The number of benzene rings is 1. The Morgan fingerprint density at radius 3 is 2.62 bits per heavy atom. The predicted octanol–water partition coefficient (Wildman–Crippen LogP) is 3.06. The maximum atomic E-state index is 12.8. The Hall–Kier alpha value is -0.600. The third-order valence-electron chi connectivity index (χ3n) is 2.31. The number of halogens is 2. The van der Waals surface area contributed by atoms with Gasteiger partial charge in [0, 0.05) is 5.54 Å². The van der Waals surface area contributed by atoms with E-state index in [-0.39, 0.29) is 5.02 Å². The highest BCUT2D eigenvalue weighted by molar-refractivity contribution is 6.30. The molecule has 0 unspecified atom stereocenters. The Morgan fingerprint density at radius 2 is 2.15 bits per heavy atom. The molecule has 0 aliphatic heterocycles. The first-order valence-corrected chi connectivity index (χ1v) is 4.59. The maximum Gasteiger partial charge on any atom is 0.141 e. The van der Waals surface area contributed by atoms with Crippen LogP contribution in [0.5, 0.6) is 0 Å². The van der Waals surface area contributed by atoms with Crippen LogP contribution in [0.15, 0.2) is 18.2 Å². The van der Waals surface area contributed by atoms with Gasteiger partial charge in [-0.2, -0.15) is 0 Å². The number of nitrogens with two attached hydrogens (primary N) is 1. The second kappa shape index (κ2) is 3.64. The molecule has 0 bridgehead atoms. The van der Waals surface area contributed by atoms with E-state index in [4.69, 9.17) is 17.3 Å². The Bertz CT molecular complexity index is 310. The summed E-state index contributed by atoms with van der Waals surface area (Å²) in [6.07, 6.45) is 0.787. The monoisotopic (exact) mass is 201 g/mol. The first kappa shape index (κ1) is 10.5. The van der Waals surface area contributed by atoms with E-state index >= 15 is 0 Å². The van der Waals surface area contributed by atoms with E-state index in [1.165, 1.54) is 6.07 Å². The highest BCUT2D eigenvalue weighted by Crippen LogP contribution is 2.25. The smallest absolute Gasteiger partial charge is 0.141 e. The summed E-state index contributed by atoms with van der Waals surface area (Å²) in [5.74, 6) is -0.405. The van der Waals surface area contributed by atoms with Gasteiger partial charge in [-0.3, -0.25) is 0 Å². The maximum absolute atomic E-state index is 12.8. The van der Waals surface area contributed by atoms with Gasteiger partial charge in [-0.1, -0.05) is 24.6 Å². The molecule has 1 aromatic carbocycles. The van der Waals surface area contributed by atoms with Crippen LogP contribution in [-0.4, -0.2) is 0 Å². The van der Waals surface area contributed by atoms with Crippen molar-refractivity contribution in [1.29, 1.82) is 0 Å². The molecule has 3 heteroatoms. The van der Waals surface area contributed by atoms with Crippen molar-refractivity contribution in [2.75, 3.05) is 0 Å². The molecule has 0 amide bonds. The molecule has 1 rings (SSSR count). The minimum absolute atomic E-state index is 0.127. The van der Waals surface area contributed by atoms with E-state index in [1.54, 1.807) is 12.1 Å². The highest BCUT2D eigenvalue weighted by atomic mass is 35.5. The molecule has 1 aromatic rings. The molecule has 0 aliphatic rings. The lowest BCUT2D eigenvalue weighted by Crippen LogP contribution is -2.31. The van der Waals surface area contributed by atoms with Gasteiger partial charge in [0.1, 0.15) is 5.82 Å². The van der Waals surface area contributed by atoms with Crippen molar-refractivity contribution in [3.05, 3.63) is 34.6 Å². The summed E-state index contributed by atoms with van der Waals surface area (Å²) in [7, 11) is 0. The van der Waals surface area contributed by atoms with Crippen LogP contribution in [0.1, 0.15) is 25.8 Å². The van der Waals surface area contributed by atoms with Crippen molar-refractivity contribution in [3.63, 3.8) is 0 Å². The zero-order chi connectivity index (χ0) is 10.1. The Labute approximate surface area is 82.7 Å². The molecule has 0 radical (unpaired) electrons. The fourth-order valence-electron chi connectivity index (χ4n) is 1.06. The largest absolute Gasteiger partial charge is 0.322 e. The van der Waals surface area contributed by atoms with Crippen molar-refractivity contribution in [1.82, 2.24) is 0 Å². The van der Waals surface area contributed by atoms with Gasteiger partial charge in [-0.15, -0.1) is 0 Å². The molecule has 0 spiro atoms. The third-order valence-corrected chi connectivity index (χ3v) is 2.60. The van der Waals surface area contributed by atoms with Gasteiger partial charge < -0.3 is 5.73 Å². The molecule has 0 heterocycles. The van der Waals surface area contributed by atoms with Crippen molar-refractivity contribution in [2.24, 2.45) is 5.73 Å². The van der Waals surface area contributed by atoms with Gasteiger partial charge in [0.25, 0.3) is 0 Å². The Balaban J connectivity index is 3.10. The van der Waals surface area contributed by atoms with Crippen molar-refractivity contribution in [2.45, 2.75) is 25.8 Å². The Morgan fingerprint density at radius 1 is 1.54 bits per heavy atom. The minimum atomic E-state index is -0.433. The number of hydrogen-bond donors (Lipinski definition) is 1. The van der Waals surface area contributed by atoms with Crippen LogP contribution < -0.4 is 5.73 Å². The van der Waals surface area contributed by atoms with Crippen molar-refractivity contribution < 1.29 is 4.39 Å². The van der Waals surface area contributed by atoms with Crippen LogP contribution in [-0.2, 0) is 5.54 Å². The molecule has 13 heavy (non-hydrogen) atoms. The summed E-state index contributed by atoms with van der Waals surface area (Å²) in [5, 5.41) is 0.127. The molecule has 0 aliphatic carbocycles. The lowest BCUT2D eigenvalue weighted by molar-refractivity contribution is 0.475. The molecule has 72 valence electrons.